The first kappa shape index (κ1) is 21.0. The summed E-state index contributed by atoms with van der Waals surface area (Å²) in [5, 5.41) is 0.781. The first-order chi connectivity index (χ1) is 15.4. The number of aryl methyl sites for hydroxylation is 2. The topological polar surface area (TPSA) is 83.6 Å². The molecule has 3 aromatic heterocycles. The zero-order chi connectivity index (χ0) is 22.4. The van der Waals surface area contributed by atoms with Gasteiger partial charge in [0.1, 0.15) is 0 Å². The van der Waals surface area contributed by atoms with E-state index in [9.17, 15) is 9.59 Å². The van der Waals surface area contributed by atoms with Crippen molar-refractivity contribution in [1.82, 2.24) is 33.3 Å². The van der Waals surface area contributed by atoms with Gasteiger partial charge in [0.15, 0.2) is 11.2 Å². The third-order valence-electron chi connectivity index (χ3n) is 6.32. The molecule has 0 amide bonds. The minimum atomic E-state index is -0.456. The van der Waals surface area contributed by atoms with E-state index >= 15 is 0 Å². The van der Waals surface area contributed by atoms with E-state index in [-0.39, 0.29) is 0 Å². The number of fused-ring (bicyclic) bond motifs is 3. The van der Waals surface area contributed by atoms with Crippen LogP contribution in [0.2, 0.25) is 5.02 Å². The van der Waals surface area contributed by atoms with Gasteiger partial charge in [0, 0.05) is 69.8 Å². The normalized spacial score (nSPS) is 15.8. The number of piperazine rings is 1. The summed E-state index contributed by atoms with van der Waals surface area (Å²) in [6.45, 7) is 8.62. The van der Waals surface area contributed by atoms with Crippen molar-refractivity contribution in [2.45, 2.75) is 20.0 Å². The number of H-pyrrole nitrogens is 1. The van der Waals surface area contributed by atoms with E-state index in [1.54, 1.807) is 11.4 Å². The van der Waals surface area contributed by atoms with Gasteiger partial charge < -0.3 is 4.57 Å². The molecule has 4 aromatic rings. The Labute approximate surface area is 189 Å². The lowest BCUT2D eigenvalue weighted by atomic mass is 10.2. The second kappa shape index (κ2) is 8.23. The number of halogens is 1. The van der Waals surface area contributed by atoms with Crippen molar-refractivity contribution in [3.05, 3.63) is 67.6 Å². The average molecular weight is 456 g/mol. The number of aromatic amines is 1. The lowest BCUT2D eigenvalue weighted by molar-refractivity contribution is 0.124. The maximum absolute atomic E-state index is 12.4. The van der Waals surface area contributed by atoms with Crippen LogP contribution in [0.5, 0.6) is 0 Å². The van der Waals surface area contributed by atoms with E-state index in [4.69, 9.17) is 11.6 Å². The first-order valence-electron chi connectivity index (χ1n) is 10.8. The van der Waals surface area contributed by atoms with Crippen LogP contribution >= 0.6 is 11.6 Å². The van der Waals surface area contributed by atoms with Crippen molar-refractivity contribution in [1.29, 1.82) is 0 Å². The average Bonchev–Trinajstić information content (AvgIpc) is 3.27. The molecule has 0 unspecified atom stereocenters. The molecule has 1 aromatic carbocycles. The largest absolute Gasteiger partial charge is 0.329 e. The fourth-order valence-electron chi connectivity index (χ4n) is 4.50. The van der Waals surface area contributed by atoms with E-state index in [1.165, 1.54) is 10.1 Å². The fourth-order valence-corrected chi connectivity index (χ4v) is 4.71. The summed E-state index contributed by atoms with van der Waals surface area (Å²) in [7, 11) is 1.62. The molecule has 10 heteroatoms. The summed E-state index contributed by atoms with van der Waals surface area (Å²) < 4.78 is 5.27. The smallest absolute Gasteiger partial charge is 0.313 e. The third-order valence-corrected chi connectivity index (χ3v) is 6.55. The summed E-state index contributed by atoms with van der Waals surface area (Å²) in [5.41, 5.74) is 2.20. The van der Waals surface area contributed by atoms with Crippen molar-refractivity contribution >= 4 is 28.5 Å². The molecule has 1 fully saturated rings. The van der Waals surface area contributed by atoms with Crippen LogP contribution in [-0.4, -0.2) is 66.0 Å². The molecule has 0 spiro atoms. The number of benzene rings is 1. The Morgan fingerprint density at radius 2 is 1.84 bits per heavy atom. The van der Waals surface area contributed by atoms with Crippen LogP contribution in [-0.2, 0) is 20.1 Å². The molecule has 0 aliphatic carbocycles. The molecular formula is C22H26ClN7O2. The van der Waals surface area contributed by atoms with Gasteiger partial charge in [-0.1, -0.05) is 23.7 Å². The molecule has 0 bridgehead atoms. The molecule has 0 atom stereocenters. The predicted octanol–water partition coefficient (Wildman–Crippen LogP) is 1.46. The van der Waals surface area contributed by atoms with E-state index in [2.05, 4.69) is 30.4 Å². The number of nitrogens with zero attached hydrogens (tertiary/aromatic N) is 6. The number of hydrogen-bond donors (Lipinski definition) is 1. The van der Waals surface area contributed by atoms with Gasteiger partial charge in [0.05, 0.1) is 0 Å². The Morgan fingerprint density at radius 3 is 2.59 bits per heavy atom. The highest BCUT2D eigenvalue weighted by Crippen LogP contribution is 2.17. The maximum Gasteiger partial charge on any atom is 0.329 e. The summed E-state index contributed by atoms with van der Waals surface area (Å²) in [4.78, 5) is 36.2. The second-order valence-electron chi connectivity index (χ2n) is 8.44. The fraction of sp³-hybridized carbons (Fsp3) is 0.409. The monoisotopic (exact) mass is 455 g/mol. The molecule has 168 valence electrons. The molecule has 1 N–H and O–H groups in total. The number of rotatable bonds is 5. The van der Waals surface area contributed by atoms with E-state index in [1.807, 2.05) is 31.3 Å². The van der Waals surface area contributed by atoms with Crippen molar-refractivity contribution in [2.24, 2.45) is 7.05 Å². The SMILES string of the molecule is Cc1cn2c3c(=O)[nH]c(=O)n(C)c3nc2n1CCN1CCN(Cc2cccc(Cl)c2)CC1. The molecule has 0 radical (unpaired) electrons. The van der Waals surface area contributed by atoms with Gasteiger partial charge in [-0.15, -0.1) is 0 Å². The summed E-state index contributed by atoms with van der Waals surface area (Å²) >= 11 is 6.11. The van der Waals surface area contributed by atoms with E-state index in [0.29, 0.717) is 16.9 Å². The van der Waals surface area contributed by atoms with Gasteiger partial charge in [-0.05, 0) is 24.6 Å². The highest BCUT2D eigenvalue weighted by Gasteiger charge is 2.20. The van der Waals surface area contributed by atoms with Crippen molar-refractivity contribution in [3.63, 3.8) is 0 Å². The van der Waals surface area contributed by atoms with Crippen LogP contribution in [0.15, 0.2) is 40.1 Å². The second-order valence-corrected chi connectivity index (χ2v) is 8.88. The third kappa shape index (κ3) is 3.76. The van der Waals surface area contributed by atoms with Gasteiger partial charge in [-0.3, -0.25) is 28.5 Å². The molecule has 4 heterocycles. The lowest BCUT2D eigenvalue weighted by Crippen LogP contribution is -2.46. The van der Waals surface area contributed by atoms with Crippen LogP contribution in [0.3, 0.4) is 0 Å². The Kier molecular flexibility index (Phi) is 5.40. The van der Waals surface area contributed by atoms with Crippen LogP contribution in [0, 0.1) is 6.92 Å². The predicted molar refractivity (Wildman–Crippen MR) is 124 cm³/mol. The molecule has 32 heavy (non-hydrogen) atoms. The zero-order valence-electron chi connectivity index (χ0n) is 18.2. The standard InChI is InChI=1S/C22H26ClN7O2/c1-15-13-30-18-19(26(2)22(32)25-20(18)31)24-21(30)29(15)11-10-27-6-8-28(9-7-27)14-16-4-3-5-17(23)12-16/h3-5,12-13H,6-11,14H2,1-2H3,(H,25,31,32). The Hall–Kier alpha value is -2.88. The number of nitrogens with one attached hydrogen (secondary N) is 1. The lowest BCUT2D eigenvalue weighted by Gasteiger charge is -2.34. The molecule has 9 nitrogen and oxygen atoms in total. The van der Waals surface area contributed by atoms with Crippen molar-refractivity contribution in [3.8, 4) is 0 Å². The minimum Gasteiger partial charge on any atom is -0.313 e. The Balaban J connectivity index is 1.28. The van der Waals surface area contributed by atoms with Gasteiger partial charge >= 0.3 is 5.69 Å². The van der Waals surface area contributed by atoms with Gasteiger partial charge in [-0.2, -0.15) is 4.98 Å². The van der Waals surface area contributed by atoms with Gasteiger partial charge in [0.2, 0.25) is 5.78 Å². The van der Waals surface area contributed by atoms with Crippen molar-refractivity contribution in [2.75, 3.05) is 32.7 Å². The number of aromatic nitrogens is 5. The van der Waals surface area contributed by atoms with Gasteiger partial charge in [-0.25, -0.2) is 4.79 Å². The van der Waals surface area contributed by atoms with Gasteiger partial charge in [0.25, 0.3) is 5.56 Å². The minimum absolute atomic E-state index is 0.400. The van der Waals surface area contributed by atoms with Crippen LogP contribution < -0.4 is 11.2 Å². The zero-order valence-corrected chi connectivity index (χ0v) is 19.0. The quantitative estimate of drug-likeness (QED) is 0.492. The first-order valence-corrected chi connectivity index (χ1v) is 11.1. The van der Waals surface area contributed by atoms with Crippen LogP contribution in [0.4, 0.5) is 0 Å². The van der Waals surface area contributed by atoms with E-state index < -0.39 is 11.2 Å². The number of imidazole rings is 2. The highest BCUT2D eigenvalue weighted by atomic mass is 35.5. The maximum atomic E-state index is 12.4. The summed E-state index contributed by atoms with van der Waals surface area (Å²) in [6.07, 6.45) is 1.91. The summed E-state index contributed by atoms with van der Waals surface area (Å²) in [6, 6.07) is 8.05. The van der Waals surface area contributed by atoms with Crippen molar-refractivity contribution < 1.29 is 0 Å². The Bertz CT molecular complexity index is 1410. The highest BCUT2D eigenvalue weighted by molar-refractivity contribution is 6.30. The molecular weight excluding hydrogens is 430 g/mol. The molecule has 0 saturated carbocycles. The molecule has 1 aliphatic heterocycles. The van der Waals surface area contributed by atoms with E-state index in [0.717, 1.165) is 56.5 Å². The Morgan fingerprint density at radius 1 is 1.09 bits per heavy atom. The van der Waals surface area contributed by atoms with Crippen LogP contribution in [0.25, 0.3) is 16.9 Å². The summed E-state index contributed by atoms with van der Waals surface area (Å²) in [5.74, 6) is 0.684. The molecule has 1 saturated heterocycles. The number of hydrogen-bond acceptors (Lipinski definition) is 5. The molecule has 1 aliphatic rings. The molecule has 5 rings (SSSR count). The van der Waals surface area contributed by atoms with Crippen LogP contribution in [0.1, 0.15) is 11.3 Å².